The van der Waals surface area contributed by atoms with Gasteiger partial charge in [-0.1, -0.05) is 6.07 Å². The van der Waals surface area contributed by atoms with E-state index in [1.807, 2.05) is 6.92 Å². The van der Waals surface area contributed by atoms with Crippen molar-refractivity contribution in [2.75, 3.05) is 6.61 Å². The molecule has 86 valence electrons. The van der Waals surface area contributed by atoms with E-state index in [1.54, 1.807) is 18.2 Å². The van der Waals surface area contributed by atoms with Crippen molar-refractivity contribution in [3.63, 3.8) is 0 Å². The maximum absolute atomic E-state index is 9.78. The molecule has 16 heavy (non-hydrogen) atoms. The number of thiocarbonyl (C=S) groups is 1. The van der Waals surface area contributed by atoms with E-state index in [9.17, 15) is 5.11 Å². The van der Waals surface area contributed by atoms with Crippen LogP contribution in [0.2, 0.25) is 0 Å². The Morgan fingerprint density at radius 1 is 1.69 bits per heavy atom. The largest absolute Gasteiger partial charge is 0.504 e. The standard InChI is InChI=1S/C10H13N3O2S/c1-2-15-8-5-3-4-7(9(8)14)6-12-13-10(11)16/h3-6,14H,2H2,1H3,(H3,11,13,16)/b12-6-. The highest BCUT2D eigenvalue weighted by molar-refractivity contribution is 7.80. The number of hydrogen-bond acceptors (Lipinski definition) is 4. The Morgan fingerprint density at radius 2 is 2.44 bits per heavy atom. The van der Waals surface area contributed by atoms with Crippen LogP contribution < -0.4 is 15.9 Å². The zero-order chi connectivity index (χ0) is 12.0. The first-order chi connectivity index (χ1) is 7.65. The minimum atomic E-state index is 0.0397. The molecule has 0 amide bonds. The van der Waals surface area contributed by atoms with Gasteiger partial charge < -0.3 is 15.6 Å². The van der Waals surface area contributed by atoms with E-state index < -0.39 is 0 Å². The van der Waals surface area contributed by atoms with E-state index in [2.05, 4.69) is 22.7 Å². The Hall–Kier alpha value is -1.82. The van der Waals surface area contributed by atoms with Gasteiger partial charge >= 0.3 is 0 Å². The molecule has 0 saturated heterocycles. The van der Waals surface area contributed by atoms with Crippen molar-refractivity contribution in [2.45, 2.75) is 6.92 Å². The number of nitrogens with one attached hydrogen (secondary N) is 1. The van der Waals surface area contributed by atoms with Crippen molar-refractivity contribution in [3.05, 3.63) is 23.8 Å². The number of para-hydroxylation sites is 1. The van der Waals surface area contributed by atoms with E-state index in [0.29, 0.717) is 17.9 Å². The molecule has 6 heteroatoms. The van der Waals surface area contributed by atoms with Crippen LogP contribution in [-0.2, 0) is 0 Å². The monoisotopic (exact) mass is 239 g/mol. The van der Waals surface area contributed by atoms with Gasteiger partial charge in [0, 0.05) is 5.56 Å². The van der Waals surface area contributed by atoms with Crippen molar-refractivity contribution in [2.24, 2.45) is 10.8 Å². The number of ether oxygens (including phenoxy) is 1. The molecule has 0 aliphatic rings. The highest BCUT2D eigenvalue weighted by Crippen LogP contribution is 2.28. The SMILES string of the molecule is CCOc1cccc(/C=N\NC(N)=S)c1O. The Balaban J connectivity index is 2.84. The minimum Gasteiger partial charge on any atom is -0.504 e. The molecule has 0 heterocycles. The topological polar surface area (TPSA) is 79.9 Å². The van der Waals surface area contributed by atoms with Gasteiger partial charge in [-0.15, -0.1) is 0 Å². The second kappa shape index (κ2) is 5.92. The third-order valence-electron chi connectivity index (χ3n) is 1.71. The number of rotatable bonds is 4. The van der Waals surface area contributed by atoms with Crippen LogP contribution in [0.3, 0.4) is 0 Å². The average Bonchev–Trinajstić information content (AvgIpc) is 2.23. The van der Waals surface area contributed by atoms with Gasteiger partial charge in [0.25, 0.3) is 0 Å². The quantitative estimate of drug-likeness (QED) is 0.414. The van der Waals surface area contributed by atoms with Gasteiger partial charge in [0.1, 0.15) is 0 Å². The lowest BCUT2D eigenvalue weighted by Gasteiger charge is -2.06. The highest BCUT2D eigenvalue weighted by Gasteiger charge is 2.05. The maximum atomic E-state index is 9.78. The Bertz CT molecular complexity index is 407. The molecule has 0 atom stereocenters. The van der Waals surface area contributed by atoms with Crippen molar-refractivity contribution in [1.82, 2.24) is 5.43 Å². The lowest BCUT2D eigenvalue weighted by molar-refractivity contribution is 0.318. The van der Waals surface area contributed by atoms with Crippen molar-refractivity contribution >= 4 is 23.5 Å². The summed E-state index contributed by atoms with van der Waals surface area (Å²) >= 11 is 4.58. The first kappa shape index (κ1) is 12.3. The summed E-state index contributed by atoms with van der Waals surface area (Å²) in [7, 11) is 0. The van der Waals surface area contributed by atoms with Gasteiger partial charge in [-0.25, -0.2) is 0 Å². The normalized spacial score (nSPS) is 10.3. The summed E-state index contributed by atoms with van der Waals surface area (Å²) in [5.74, 6) is 0.458. The lowest BCUT2D eigenvalue weighted by atomic mass is 10.2. The number of benzene rings is 1. The summed E-state index contributed by atoms with van der Waals surface area (Å²) in [5, 5.41) is 13.6. The predicted molar refractivity (Wildman–Crippen MR) is 66.8 cm³/mol. The van der Waals surface area contributed by atoms with Crippen LogP contribution in [-0.4, -0.2) is 23.0 Å². The van der Waals surface area contributed by atoms with E-state index in [1.165, 1.54) is 6.21 Å². The molecule has 0 radical (unpaired) electrons. The zero-order valence-electron chi connectivity index (χ0n) is 8.80. The van der Waals surface area contributed by atoms with Gasteiger partial charge in [-0.3, -0.25) is 5.43 Å². The fraction of sp³-hybridized carbons (Fsp3) is 0.200. The smallest absolute Gasteiger partial charge is 0.184 e. The Morgan fingerprint density at radius 3 is 3.06 bits per heavy atom. The lowest BCUT2D eigenvalue weighted by Crippen LogP contribution is -2.23. The highest BCUT2D eigenvalue weighted by atomic mass is 32.1. The molecule has 0 unspecified atom stereocenters. The fourth-order valence-electron chi connectivity index (χ4n) is 1.08. The van der Waals surface area contributed by atoms with Crippen LogP contribution in [0.5, 0.6) is 11.5 Å². The number of nitrogens with two attached hydrogens (primary N) is 1. The van der Waals surface area contributed by atoms with Crippen molar-refractivity contribution in [1.29, 1.82) is 0 Å². The maximum Gasteiger partial charge on any atom is 0.184 e. The second-order valence-electron chi connectivity index (χ2n) is 2.86. The van der Waals surface area contributed by atoms with Crippen LogP contribution in [0.1, 0.15) is 12.5 Å². The Kier molecular flexibility index (Phi) is 4.53. The second-order valence-corrected chi connectivity index (χ2v) is 3.30. The van der Waals surface area contributed by atoms with Crippen molar-refractivity contribution < 1.29 is 9.84 Å². The molecule has 4 N–H and O–H groups in total. The zero-order valence-corrected chi connectivity index (χ0v) is 9.62. The van der Waals surface area contributed by atoms with E-state index in [0.717, 1.165) is 0 Å². The van der Waals surface area contributed by atoms with E-state index in [4.69, 9.17) is 10.5 Å². The van der Waals surface area contributed by atoms with Gasteiger partial charge in [-0.2, -0.15) is 5.10 Å². The molecular weight excluding hydrogens is 226 g/mol. The molecular formula is C10H13N3O2S. The first-order valence-corrected chi connectivity index (χ1v) is 5.09. The number of aromatic hydroxyl groups is 1. The van der Waals surface area contributed by atoms with E-state index >= 15 is 0 Å². The summed E-state index contributed by atoms with van der Waals surface area (Å²) in [6.45, 7) is 2.33. The van der Waals surface area contributed by atoms with Gasteiger partial charge in [0.2, 0.25) is 0 Å². The molecule has 5 nitrogen and oxygen atoms in total. The molecule has 0 aliphatic heterocycles. The number of phenols is 1. The predicted octanol–water partition coefficient (Wildman–Crippen LogP) is 0.958. The molecule has 0 aromatic heterocycles. The molecule has 1 rings (SSSR count). The molecule has 0 saturated carbocycles. The molecule has 1 aromatic carbocycles. The van der Waals surface area contributed by atoms with Crippen LogP contribution in [0, 0.1) is 0 Å². The summed E-state index contributed by atoms with van der Waals surface area (Å²) in [6.07, 6.45) is 1.41. The Labute approximate surface area is 98.9 Å². The molecule has 0 bridgehead atoms. The summed E-state index contributed by atoms with van der Waals surface area (Å²) in [6, 6.07) is 5.13. The summed E-state index contributed by atoms with van der Waals surface area (Å²) in [5.41, 5.74) is 8.11. The van der Waals surface area contributed by atoms with E-state index in [-0.39, 0.29) is 10.9 Å². The molecule has 0 fully saturated rings. The molecule has 0 spiro atoms. The molecule has 1 aromatic rings. The van der Waals surface area contributed by atoms with Crippen LogP contribution in [0.15, 0.2) is 23.3 Å². The number of hydrogen-bond donors (Lipinski definition) is 3. The van der Waals surface area contributed by atoms with Gasteiger partial charge in [-0.05, 0) is 31.3 Å². The number of nitrogens with zero attached hydrogens (tertiary/aromatic N) is 1. The number of hydrazone groups is 1. The molecule has 0 aliphatic carbocycles. The third-order valence-corrected chi connectivity index (χ3v) is 1.80. The van der Waals surface area contributed by atoms with Gasteiger partial charge in [0.15, 0.2) is 16.6 Å². The fourth-order valence-corrected chi connectivity index (χ4v) is 1.13. The summed E-state index contributed by atoms with van der Waals surface area (Å²) < 4.78 is 5.22. The minimum absolute atomic E-state index is 0.0397. The van der Waals surface area contributed by atoms with Crippen LogP contribution in [0.4, 0.5) is 0 Å². The van der Waals surface area contributed by atoms with Crippen LogP contribution >= 0.6 is 12.2 Å². The van der Waals surface area contributed by atoms with Gasteiger partial charge in [0.05, 0.1) is 12.8 Å². The average molecular weight is 239 g/mol. The number of phenolic OH excluding ortho intramolecular Hbond substituents is 1. The third kappa shape index (κ3) is 3.39. The van der Waals surface area contributed by atoms with Crippen molar-refractivity contribution in [3.8, 4) is 11.5 Å². The van der Waals surface area contributed by atoms with Crippen LogP contribution in [0.25, 0.3) is 0 Å². The first-order valence-electron chi connectivity index (χ1n) is 4.68. The summed E-state index contributed by atoms with van der Waals surface area (Å²) in [4.78, 5) is 0.